The molecule has 1 N–H and O–H groups in total. The second kappa shape index (κ2) is 38.7. The third kappa shape index (κ3) is 41.9. The number of carbonyl (C=O) groups excluding carboxylic acids is 2. The summed E-state index contributed by atoms with van der Waals surface area (Å²) in [6.07, 6.45) is 43.6. The van der Waals surface area contributed by atoms with Crippen LogP contribution in [0.1, 0.15) is 194 Å². The molecule has 328 valence electrons. The van der Waals surface area contributed by atoms with Crippen LogP contribution in [0.25, 0.3) is 0 Å². The summed E-state index contributed by atoms with van der Waals surface area (Å²) < 4.78 is 34.2. The minimum atomic E-state index is -4.37. The van der Waals surface area contributed by atoms with E-state index in [9.17, 15) is 19.0 Å². The Bertz CT molecular complexity index is 1050. The van der Waals surface area contributed by atoms with Crippen LogP contribution in [-0.2, 0) is 32.7 Å². The summed E-state index contributed by atoms with van der Waals surface area (Å²) >= 11 is 0. The molecule has 0 bridgehead atoms. The number of phosphoric acid groups is 1. The van der Waals surface area contributed by atoms with Crippen LogP contribution >= 0.6 is 7.82 Å². The number of unbranched alkanes of at least 4 members (excludes halogenated alkanes) is 21. The molecule has 0 aromatic rings. The summed E-state index contributed by atoms with van der Waals surface area (Å²) in [4.78, 5) is 35.2. The molecule has 0 heterocycles. The number of ether oxygens (including phenoxy) is 2. The normalized spacial score (nSPS) is 13.9. The number of quaternary nitrogens is 1. The molecule has 0 aromatic heterocycles. The number of hydrogen-bond acceptors (Lipinski definition) is 7. The van der Waals surface area contributed by atoms with Crippen molar-refractivity contribution in [1.29, 1.82) is 0 Å². The van der Waals surface area contributed by atoms with Crippen molar-refractivity contribution in [3.8, 4) is 0 Å². The van der Waals surface area contributed by atoms with E-state index in [4.69, 9.17) is 18.5 Å². The van der Waals surface area contributed by atoms with Crippen LogP contribution in [0.2, 0.25) is 0 Å². The van der Waals surface area contributed by atoms with Gasteiger partial charge in [-0.15, -0.1) is 0 Å². The van der Waals surface area contributed by atoms with Gasteiger partial charge in [0.2, 0.25) is 0 Å². The Morgan fingerprint density at radius 3 is 1.43 bits per heavy atom. The van der Waals surface area contributed by atoms with E-state index >= 15 is 0 Å². The van der Waals surface area contributed by atoms with Gasteiger partial charge >= 0.3 is 19.8 Å². The fraction of sp³-hybridized carbons (Fsp3) is 0.826. The zero-order valence-corrected chi connectivity index (χ0v) is 37.8. The van der Waals surface area contributed by atoms with Crippen LogP contribution in [0.15, 0.2) is 36.5 Å². The number of rotatable bonds is 41. The first-order valence-corrected chi connectivity index (χ1v) is 24.2. The van der Waals surface area contributed by atoms with Crippen molar-refractivity contribution in [3.05, 3.63) is 36.5 Å². The van der Waals surface area contributed by atoms with Crippen molar-refractivity contribution in [2.45, 2.75) is 200 Å². The van der Waals surface area contributed by atoms with Crippen LogP contribution in [0, 0.1) is 0 Å². The summed E-state index contributed by atoms with van der Waals surface area (Å²) in [5.41, 5.74) is 0. The number of likely N-dealkylation sites (N-methyl/N-ethyl adjacent to an activating group) is 1. The molecule has 0 aliphatic rings. The fourth-order valence-electron chi connectivity index (χ4n) is 6.08. The molecular formula is C46H87NO8P+. The molecule has 0 fully saturated rings. The SMILES string of the molecule is CCCCCCC/C=C\C/C=C\C/C=C\CCCCCCCCCCCCC(=O)OC(COC(=O)CCCCCCCCC)COP(=O)(O)OCC[N+](C)(C)C. The molecule has 0 rings (SSSR count). The zero-order valence-electron chi connectivity index (χ0n) is 36.9. The van der Waals surface area contributed by atoms with Crippen molar-refractivity contribution in [2.24, 2.45) is 0 Å². The molecule has 0 aliphatic carbocycles. The van der Waals surface area contributed by atoms with Gasteiger partial charge in [0.15, 0.2) is 6.10 Å². The molecule has 56 heavy (non-hydrogen) atoms. The van der Waals surface area contributed by atoms with Crippen molar-refractivity contribution in [3.63, 3.8) is 0 Å². The van der Waals surface area contributed by atoms with Gasteiger partial charge in [-0.25, -0.2) is 4.57 Å². The molecule has 2 unspecified atom stereocenters. The predicted molar refractivity (Wildman–Crippen MR) is 234 cm³/mol. The van der Waals surface area contributed by atoms with Gasteiger partial charge < -0.3 is 18.9 Å². The lowest BCUT2D eigenvalue weighted by Crippen LogP contribution is -2.37. The highest BCUT2D eigenvalue weighted by Gasteiger charge is 2.27. The lowest BCUT2D eigenvalue weighted by Gasteiger charge is -2.24. The van der Waals surface area contributed by atoms with Crippen LogP contribution < -0.4 is 0 Å². The molecule has 0 spiro atoms. The maximum Gasteiger partial charge on any atom is 0.472 e. The van der Waals surface area contributed by atoms with E-state index in [0.717, 1.165) is 51.4 Å². The van der Waals surface area contributed by atoms with E-state index in [0.29, 0.717) is 17.4 Å². The van der Waals surface area contributed by atoms with Crippen molar-refractivity contribution >= 4 is 19.8 Å². The van der Waals surface area contributed by atoms with Crippen LogP contribution in [0.3, 0.4) is 0 Å². The van der Waals surface area contributed by atoms with E-state index in [1.165, 1.54) is 109 Å². The van der Waals surface area contributed by atoms with Gasteiger partial charge in [-0.05, 0) is 51.4 Å². The molecule has 0 aromatic carbocycles. The summed E-state index contributed by atoms with van der Waals surface area (Å²) in [6, 6.07) is 0. The summed E-state index contributed by atoms with van der Waals surface area (Å²) in [6.45, 7) is 4.36. The van der Waals surface area contributed by atoms with Crippen molar-refractivity contribution < 1.29 is 42.1 Å². The van der Waals surface area contributed by atoms with Gasteiger partial charge in [0.1, 0.15) is 19.8 Å². The van der Waals surface area contributed by atoms with Gasteiger partial charge in [-0.2, -0.15) is 0 Å². The summed E-state index contributed by atoms with van der Waals surface area (Å²) in [5, 5.41) is 0. The maximum absolute atomic E-state index is 12.7. The molecule has 0 radical (unpaired) electrons. The first-order valence-electron chi connectivity index (χ1n) is 22.7. The van der Waals surface area contributed by atoms with E-state index in [2.05, 4.69) is 50.3 Å². The third-order valence-electron chi connectivity index (χ3n) is 9.67. The van der Waals surface area contributed by atoms with Crippen LogP contribution in [0.4, 0.5) is 0 Å². The number of esters is 2. The molecular weight excluding hydrogens is 725 g/mol. The Morgan fingerprint density at radius 1 is 0.554 bits per heavy atom. The molecule has 10 heteroatoms. The van der Waals surface area contributed by atoms with Crippen molar-refractivity contribution in [1.82, 2.24) is 0 Å². The number of hydrogen-bond donors (Lipinski definition) is 1. The minimum absolute atomic E-state index is 0.0313. The van der Waals surface area contributed by atoms with Gasteiger partial charge in [0.25, 0.3) is 0 Å². The highest BCUT2D eigenvalue weighted by Crippen LogP contribution is 2.43. The lowest BCUT2D eigenvalue weighted by atomic mass is 10.0. The highest BCUT2D eigenvalue weighted by atomic mass is 31.2. The maximum atomic E-state index is 12.7. The Balaban J connectivity index is 4.14. The molecule has 0 saturated heterocycles. The Morgan fingerprint density at radius 2 is 0.964 bits per heavy atom. The molecule has 2 atom stereocenters. The second-order valence-corrected chi connectivity index (χ2v) is 17.9. The standard InChI is InChI=1S/C46H86NO8P/c1-6-8-10-12-14-15-16-17-18-19-20-21-22-23-24-25-26-27-28-29-30-31-33-35-37-39-46(49)55-44(43-54-56(50,51)53-41-40-47(3,4)5)42-52-45(48)38-36-34-32-13-11-9-7-2/h16-17,19-20,22-23,44H,6-15,18,21,24-43H2,1-5H3/p+1/b17-16-,20-19-,23-22-. The first-order chi connectivity index (χ1) is 27.0. The van der Waals surface area contributed by atoms with E-state index in [1.807, 2.05) is 21.1 Å². The van der Waals surface area contributed by atoms with Gasteiger partial charge in [0, 0.05) is 12.8 Å². The smallest absolute Gasteiger partial charge is 0.462 e. The fourth-order valence-corrected chi connectivity index (χ4v) is 6.82. The average molecular weight is 813 g/mol. The van der Waals surface area contributed by atoms with Crippen LogP contribution in [0.5, 0.6) is 0 Å². The largest absolute Gasteiger partial charge is 0.472 e. The first kappa shape index (κ1) is 54.2. The number of phosphoric ester groups is 1. The quantitative estimate of drug-likeness (QED) is 0.0214. The second-order valence-electron chi connectivity index (χ2n) is 16.4. The third-order valence-corrected chi connectivity index (χ3v) is 10.7. The van der Waals surface area contributed by atoms with E-state index in [-0.39, 0.29) is 32.0 Å². The Kier molecular flexibility index (Phi) is 37.5. The highest BCUT2D eigenvalue weighted by molar-refractivity contribution is 7.47. The topological polar surface area (TPSA) is 108 Å². The van der Waals surface area contributed by atoms with Gasteiger partial charge in [-0.1, -0.05) is 166 Å². The minimum Gasteiger partial charge on any atom is -0.462 e. The van der Waals surface area contributed by atoms with Gasteiger partial charge in [0.05, 0.1) is 27.7 Å². The summed E-state index contributed by atoms with van der Waals surface area (Å²) in [7, 11) is 1.47. The number of allylic oxidation sites excluding steroid dienone is 6. The van der Waals surface area contributed by atoms with E-state index in [1.54, 1.807) is 0 Å². The monoisotopic (exact) mass is 813 g/mol. The Hall–Kier alpha value is -1.77. The average Bonchev–Trinajstić information content (AvgIpc) is 3.15. The summed E-state index contributed by atoms with van der Waals surface area (Å²) in [5.74, 6) is -0.808. The van der Waals surface area contributed by atoms with Crippen LogP contribution in [-0.4, -0.2) is 74.9 Å². The molecule has 9 nitrogen and oxygen atoms in total. The number of carbonyl (C=O) groups is 2. The predicted octanol–water partition coefficient (Wildman–Crippen LogP) is 12.9. The lowest BCUT2D eigenvalue weighted by molar-refractivity contribution is -0.870. The molecule has 0 aliphatic heterocycles. The van der Waals surface area contributed by atoms with Crippen molar-refractivity contribution in [2.75, 3.05) is 47.5 Å². The molecule has 0 amide bonds. The van der Waals surface area contributed by atoms with Gasteiger partial charge in [-0.3, -0.25) is 18.6 Å². The Labute approximate surface area is 344 Å². The zero-order chi connectivity index (χ0) is 41.4. The number of nitrogens with zero attached hydrogens (tertiary/aromatic N) is 1. The van der Waals surface area contributed by atoms with E-state index < -0.39 is 26.5 Å². The molecule has 0 saturated carbocycles.